The zero-order valence-corrected chi connectivity index (χ0v) is 12.9. The molecule has 0 spiro atoms. The Hall–Kier alpha value is -1.10. The minimum Gasteiger partial charge on any atom is -0.382 e. The van der Waals surface area contributed by atoms with Gasteiger partial charge in [-0.15, -0.1) is 0 Å². The van der Waals surface area contributed by atoms with Gasteiger partial charge in [0, 0.05) is 13.1 Å². The quantitative estimate of drug-likeness (QED) is 0.845. The van der Waals surface area contributed by atoms with Gasteiger partial charge in [-0.05, 0) is 55.0 Å². The van der Waals surface area contributed by atoms with Crippen LogP contribution in [0, 0.1) is 0 Å². The van der Waals surface area contributed by atoms with Crippen molar-refractivity contribution in [2.45, 2.75) is 45.6 Å². The fourth-order valence-electron chi connectivity index (χ4n) is 2.30. The Morgan fingerprint density at radius 3 is 3.00 bits per heavy atom. The minimum atomic E-state index is -0.0793. The topological polar surface area (TPSA) is 46.9 Å². The Morgan fingerprint density at radius 1 is 1.47 bits per heavy atom. The van der Waals surface area contributed by atoms with Gasteiger partial charge in [-0.25, -0.2) is 4.68 Å². The molecule has 0 saturated carbocycles. The van der Waals surface area contributed by atoms with Crippen molar-refractivity contribution in [3.05, 3.63) is 32.7 Å². The van der Waals surface area contributed by atoms with Gasteiger partial charge in [0.2, 0.25) is 0 Å². The molecule has 1 aromatic rings. The van der Waals surface area contributed by atoms with Crippen molar-refractivity contribution in [1.82, 2.24) is 9.78 Å². The molecule has 0 atom stereocenters. The van der Waals surface area contributed by atoms with E-state index in [1.807, 2.05) is 6.92 Å². The maximum Gasteiger partial charge on any atom is 0.283 e. The molecule has 104 valence electrons. The van der Waals surface area contributed by atoms with Crippen LogP contribution in [0.1, 0.15) is 39.0 Å². The minimum absolute atomic E-state index is 0.0793. The number of hydrogen-bond acceptors (Lipinski definition) is 3. The summed E-state index contributed by atoms with van der Waals surface area (Å²) in [6.45, 7) is 3.34. The molecular formula is C14H20BrN3O. The lowest BCUT2D eigenvalue weighted by molar-refractivity contribution is 0.612. The highest BCUT2D eigenvalue weighted by Gasteiger charge is 2.08. The first-order chi connectivity index (χ1) is 9.22. The van der Waals surface area contributed by atoms with Crippen LogP contribution in [0.3, 0.4) is 0 Å². The highest BCUT2D eigenvalue weighted by molar-refractivity contribution is 9.10. The van der Waals surface area contributed by atoms with E-state index in [1.165, 1.54) is 35.9 Å². The molecular weight excluding hydrogens is 306 g/mol. The van der Waals surface area contributed by atoms with Crippen LogP contribution in [0.2, 0.25) is 0 Å². The number of hydrogen-bond donors (Lipinski definition) is 1. The van der Waals surface area contributed by atoms with E-state index in [2.05, 4.69) is 32.4 Å². The molecule has 0 bridgehead atoms. The SMILES string of the molecule is CCn1ncc(NCCC2=CCCCC2)c(Br)c1=O. The van der Waals surface area contributed by atoms with Crippen molar-refractivity contribution in [2.75, 3.05) is 11.9 Å². The Bertz CT molecular complexity index is 522. The van der Waals surface area contributed by atoms with Crippen LogP contribution in [0.5, 0.6) is 0 Å². The second-order valence-electron chi connectivity index (χ2n) is 4.78. The summed E-state index contributed by atoms with van der Waals surface area (Å²) in [5.41, 5.74) is 2.24. The Balaban J connectivity index is 1.94. The van der Waals surface area contributed by atoms with Crippen LogP contribution in [-0.2, 0) is 6.54 Å². The first kappa shape index (κ1) is 14.3. The standard InChI is InChI=1S/C14H20BrN3O/c1-2-18-14(19)13(15)12(10-17-18)16-9-8-11-6-4-3-5-7-11/h6,10,16H,2-5,7-9H2,1H3. The molecule has 1 aliphatic rings. The van der Waals surface area contributed by atoms with Crippen LogP contribution < -0.4 is 10.9 Å². The van der Waals surface area contributed by atoms with Gasteiger partial charge < -0.3 is 5.32 Å². The molecule has 2 rings (SSSR count). The number of anilines is 1. The molecule has 1 heterocycles. The van der Waals surface area contributed by atoms with Crippen molar-refractivity contribution in [2.24, 2.45) is 0 Å². The van der Waals surface area contributed by atoms with E-state index in [0.29, 0.717) is 11.0 Å². The molecule has 0 amide bonds. The average molecular weight is 326 g/mol. The zero-order valence-electron chi connectivity index (χ0n) is 11.3. The lowest BCUT2D eigenvalue weighted by atomic mass is 9.97. The number of nitrogens with one attached hydrogen (secondary N) is 1. The van der Waals surface area contributed by atoms with Crippen LogP contribution in [0.15, 0.2) is 27.1 Å². The second-order valence-corrected chi connectivity index (χ2v) is 5.57. The van der Waals surface area contributed by atoms with Crippen LogP contribution in [0.4, 0.5) is 5.69 Å². The number of aryl methyl sites for hydroxylation is 1. The van der Waals surface area contributed by atoms with Gasteiger partial charge >= 0.3 is 0 Å². The molecule has 0 radical (unpaired) electrons. The zero-order chi connectivity index (χ0) is 13.7. The van der Waals surface area contributed by atoms with Gasteiger partial charge in [-0.3, -0.25) is 4.79 Å². The van der Waals surface area contributed by atoms with Crippen molar-refractivity contribution in [3.8, 4) is 0 Å². The first-order valence-electron chi connectivity index (χ1n) is 6.89. The third-order valence-electron chi connectivity index (χ3n) is 3.43. The van der Waals surface area contributed by atoms with E-state index in [-0.39, 0.29) is 5.56 Å². The Labute approximate surface area is 122 Å². The normalized spacial score (nSPS) is 15.2. The smallest absolute Gasteiger partial charge is 0.283 e. The average Bonchev–Trinajstić information content (AvgIpc) is 2.45. The summed E-state index contributed by atoms with van der Waals surface area (Å²) in [4.78, 5) is 11.9. The van der Waals surface area contributed by atoms with Crippen molar-refractivity contribution < 1.29 is 0 Å². The molecule has 0 fully saturated rings. The highest BCUT2D eigenvalue weighted by Crippen LogP contribution is 2.21. The number of aromatic nitrogens is 2. The predicted octanol–water partition coefficient (Wildman–Crippen LogP) is 3.33. The summed E-state index contributed by atoms with van der Waals surface area (Å²) < 4.78 is 2.01. The fraction of sp³-hybridized carbons (Fsp3) is 0.571. The second kappa shape index (κ2) is 6.89. The molecule has 5 heteroatoms. The summed E-state index contributed by atoms with van der Waals surface area (Å²) in [5.74, 6) is 0. The van der Waals surface area contributed by atoms with Gasteiger partial charge in [0.25, 0.3) is 5.56 Å². The third-order valence-corrected chi connectivity index (χ3v) is 4.20. The molecule has 0 aliphatic heterocycles. The van der Waals surface area contributed by atoms with E-state index in [0.717, 1.165) is 18.7 Å². The molecule has 0 saturated heterocycles. The first-order valence-corrected chi connectivity index (χ1v) is 7.69. The molecule has 0 aromatic carbocycles. The van der Waals surface area contributed by atoms with Gasteiger partial charge in [-0.2, -0.15) is 5.10 Å². The third kappa shape index (κ3) is 3.69. The van der Waals surface area contributed by atoms with Gasteiger partial charge in [-0.1, -0.05) is 11.6 Å². The predicted molar refractivity (Wildman–Crippen MR) is 81.5 cm³/mol. The van der Waals surface area contributed by atoms with E-state index < -0.39 is 0 Å². The molecule has 4 nitrogen and oxygen atoms in total. The van der Waals surface area contributed by atoms with Crippen LogP contribution in [0.25, 0.3) is 0 Å². The molecule has 1 aromatic heterocycles. The maximum atomic E-state index is 11.9. The number of nitrogens with zero attached hydrogens (tertiary/aromatic N) is 2. The summed E-state index contributed by atoms with van der Waals surface area (Å²) in [6, 6.07) is 0. The van der Waals surface area contributed by atoms with Gasteiger partial charge in [0.15, 0.2) is 0 Å². The number of allylic oxidation sites excluding steroid dienone is 1. The van der Waals surface area contributed by atoms with Crippen molar-refractivity contribution >= 4 is 21.6 Å². The lowest BCUT2D eigenvalue weighted by Crippen LogP contribution is -2.23. The number of halogens is 1. The Kier molecular flexibility index (Phi) is 5.19. The molecule has 1 aliphatic carbocycles. The molecule has 0 unspecified atom stereocenters. The summed E-state index contributed by atoms with van der Waals surface area (Å²) in [7, 11) is 0. The lowest BCUT2D eigenvalue weighted by Gasteiger charge is -2.14. The van der Waals surface area contributed by atoms with E-state index in [4.69, 9.17) is 0 Å². The number of rotatable bonds is 5. The molecule has 19 heavy (non-hydrogen) atoms. The monoisotopic (exact) mass is 325 g/mol. The Morgan fingerprint density at radius 2 is 2.32 bits per heavy atom. The van der Waals surface area contributed by atoms with Crippen LogP contribution in [-0.4, -0.2) is 16.3 Å². The van der Waals surface area contributed by atoms with Gasteiger partial charge in [0.05, 0.1) is 11.9 Å². The highest BCUT2D eigenvalue weighted by atomic mass is 79.9. The van der Waals surface area contributed by atoms with E-state index in [1.54, 1.807) is 6.20 Å². The summed E-state index contributed by atoms with van der Waals surface area (Å²) in [5, 5.41) is 7.41. The largest absolute Gasteiger partial charge is 0.382 e. The maximum absolute atomic E-state index is 11.9. The van der Waals surface area contributed by atoms with Crippen LogP contribution >= 0.6 is 15.9 Å². The van der Waals surface area contributed by atoms with Gasteiger partial charge in [0.1, 0.15) is 4.47 Å². The fourth-order valence-corrected chi connectivity index (χ4v) is 2.75. The summed E-state index contributed by atoms with van der Waals surface area (Å²) >= 11 is 3.35. The van der Waals surface area contributed by atoms with E-state index >= 15 is 0 Å². The summed E-state index contributed by atoms with van der Waals surface area (Å²) in [6.07, 6.45) is 10.2. The molecule has 1 N–H and O–H groups in total. The van der Waals surface area contributed by atoms with Crippen molar-refractivity contribution in [1.29, 1.82) is 0 Å². The van der Waals surface area contributed by atoms with Crippen molar-refractivity contribution in [3.63, 3.8) is 0 Å². The van der Waals surface area contributed by atoms with E-state index in [9.17, 15) is 4.79 Å².